The lowest BCUT2D eigenvalue weighted by molar-refractivity contribution is -0.141. The minimum atomic E-state index is -4.44. The van der Waals surface area contributed by atoms with Crippen LogP contribution in [-0.4, -0.2) is 36.5 Å². The van der Waals surface area contributed by atoms with Crippen LogP contribution in [0.5, 0.6) is 0 Å². The summed E-state index contributed by atoms with van der Waals surface area (Å²) in [5.74, 6) is -0.749. The summed E-state index contributed by atoms with van der Waals surface area (Å²) in [6.07, 6.45) is -2.90. The van der Waals surface area contributed by atoms with Crippen molar-refractivity contribution in [1.29, 1.82) is 0 Å². The van der Waals surface area contributed by atoms with Gasteiger partial charge in [-0.3, -0.25) is 9.59 Å². The first-order chi connectivity index (χ1) is 10.7. The number of ether oxygens (including phenoxy) is 1. The molecular weight excluding hydrogens is 311 g/mol. The van der Waals surface area contributed by atoms with Gasteiger partial charge in [0.2, 0.25) is 0 Å². The number of esters is 1. The number of aryl methyl sites for hydroxylation is 1. The van der Waals surface area contributed by atoms with Crippen LogP contribution in [0.2, 0.25) is 0 Å². The van der Waals surface area contributed by atoms with E-state index in [0.29, 0.717) is 13.0 Å². The van der Waals surface area contributed by atoms with Crippen molar-refractivity contribution in [2.24, 2.45) is 0 Å². The predicted octanol–water partition coefficient (Wildman–Crippen LogP) is 3.18. The van der Waals surface area contributed by atoms with Gasteiger partial charge in [-0.2, -0.15) is 13.2 Å². The van der Waals surface area contributed by atoms with E-state index in [1.165, 1.54) is 20.1 Å². The van der Waals surface area contributed by atoms with Crippen LogP contribution in [0.25, 0.3) is 0 Å². The highest BCUT2D eigenvalue weighted by Crippen LogP contribution is 2.31. The summed E-state index contributed by atoms with van der Waals surface area (Å²) in [5, 5.41) is 0. The van der Waals surface area contributed by atoms with Gasteiger partial charge in [-0.05, 0) is 43.5 Å². The zero-order valence-electron chi connectivity index (χ0n) is 12.9. The van der Waals surface area contributed by atoms with Crippen molar-refractivity contribution in [3.05, 3.63) is 34.9 Å². The van der Waals surface area contributed by atoms with E-state index in [4.69, 9.17) is 0 Å². The van der Waals surface area contributed by atoms with E-state index in [1.54, 1.807) is 4.90 Å². The van der Waals surface area contributed by atoms with Crippen molar-refractivity contribution in [1.82, 2.24) is 4.90 Å². The molecule has 0 saturated carbocycles. The van der Waals surface area contributed by atoms with Crippen molar-refractivity contribution in [2.45, 2.75) is 38.4 Å². The van der Waals surface area contributed by atoms with Gasteiger partial charge in [-0.1, -0.05) is 0 Å². The number of methoxy groups -OCH3 is 1. The molecule has 1 aliphatic heterocycles. The molecule has 0 N–H and O–H groups in total. The van der Waals surface area contributed by atoms with Gasteiger partial charge >= 0.3 is 12.1 Å². The Morgan fingerprint density at radius 3 is 2.61 bits per heavy atom. The number of alkyl halides is 3. The van der Waals surface area contributed by atoms with E-state index in [1.807, 2.05) is 0 Å². The first-order valence-corrected chi connectivity index (χ1v) is 7.29. The number of nitrogens with zero attached hydrogens (tertiary/aromatic N) is 1. The normalized spacial score (nSPS) is 18.1. The molecule has 0 radical (unpaired) electrons. The van der Waals surface area contributed by atoms with Gasteiger partial charge in [0.25, 0.3) is 5.91 Å². The lowest BCUT2D eigenvalue weighted by Crippen LogP contribution is -2.37. The molecule has 0 unspecified atom stereocenters. The Labute approximate surface area is 132 Å². The van der Waals surface area contributed by atoms with Crippen LogP contribution < -0.4 is 0 Å². The lowest BCUT2D eigenvalue weighted by Gasteiger charge is -2.25. The van der Waals surface area contributed by atoms with E-state index in [0.717, 1.165) is 18.6 Å². The standard InChI is InChI=1S/C16H18F3NO3/c1-10-8-11(16(17,18)19)5-6-13(10)15(22)20-7-3-4-12(20)9-14(21)23-2/h5-6,8,12H,3-4,7,9H2,1-2H3/t12-/m1/s1. The first-order valence-electron chi connectivity index (χ1n) is 7.29. The highest BCUT2D eigenvalue weighted by atomic mass is 19.4. The summed E-state index contributed by atoms with van der Waals surface area (Å²) in [4.78, 5) is 25.6. The zero-order chi connectivity index (χ0) is 17.2. The Hall–Kier alpha value is -2.05. The third-order valence-electron chi connectivity index (χ3n) is 4.05. The molecular formula is C16H18F3NO3. The molecule has 126 valence electrons. The average Bonchev–Trinajstić information content (AvgIpc) is 2.93. The van der Waals surface area contributed by atoms with Gasteiger partial charge in [0.1, 0.15) is 0 Å². The molecule has 7 heteroatoms. The molecule has 1 atom stereocenters. The van der Waals surface area contributed by atoms with Crippen LogP contribution in [0.1, 0.15) is 40.7 Å². The number of carbonyl (C=O) groups is 2. The minimum absolute atomic E-state index is 0.0991. The zero-order valence-corrected chi connectivity index (χ0v) is 12.9. The highest BCUT2D eigenvalue weighted by molar-refractivity contribution is 5.96. The van der Waals surface area contributed by atoms with E-state index in [9.17, 15) is 22.8 Å². The number of benzene rings is 1. The number of amides is 1. The van der Waals surface area contributed by atoms with Gasteiger partial charge in [-0.25, -0.2) is 0 Å². The summed E-state index contributed by atoms with van der Waals surface area (Å²) in [6, 6.07) is 2.81. The molecule has 0 bridgehead atoms. The van der Waals surface area contributed by atoms with E-state index in [-0.39, 0.29) is 29.5 Å². The van der Waals surface area contributed by atoms with Crippen LogP contribution in [0.15, 0.2) is 18.2 Å². The van der Waals surface area contributed by atoms with Crippen LogP contribution in [0.4, 0.5) is 13.2 Å². The third-order valence-corrected chi connectivity index (χ3v) is 4.05. The molecule has 4 nitrogen and oxygen atoms in total. The predicted molar refractivity (Wildman–Crippen MR) is 76.9 cm³/mol. The molecule has 0 aromatic heterocycles. The fourth-order valence-electron chi connectivity index (χ4n) is 2.83. The third kappa shape index (κ3) is 3.83. The fraction of sp³-hybridized carbons (Fsp3) is 0.500. The second kappa shape index (κ2) is 6.60. The Kier molecular flexibility index (Phi) is 4.97. The van der Waals surface area contributed by atoms with Crippen LogP contribution in [-0.2, 0) is 15.7 Å². The second-order valence-electron chi connectivity index (χ2n) is 5.60. The van der Waals surface area contributed by atoms with Crippen LogP contribution in [0, 0.1) is 6.92 Å². The van der Waals surface area contributed by atoms with E-state index < -0.39 is 17.7 Å². The van der Waals surface area contributed by atoms with Gasteiger partial charge in [0, 0.05) is 18.2 Å². The summed E-state index contributed by atoms with van der Waals surface area (Å²) >= 11 is 0. The average molecular weight is 329 g/mol. The molecule has 0 aliphatic carbocycles. The molecule has 1 saturated heterocycles. The molecule has 1 aromatic carbocycles. The Balaban J connectivity index is 2.21. The van der Waals surface area contributed by atoms with E-state index >= 15 is 0 Å². The van der Waals surface area contributed by atoms with Crippen molar-refractivity contribution >= 4 is 11.9 Å². The first kappa shape index (κ1) is 17.3. The number of likely N-dealkylation sites (tertiary alicyclic amines) is 1. The maximum atomic E-state index is 12.7. The molecule has 1 amide bonds. The molecule has 1 heterocycles. The largest absolute Gasteiger partial charge is 0.469 e. The Morgan fingerprint density at radius 2 is 2.04 bits per heavy atom. The molecule has 1 aromatic rings. The number of rotatable bonds is 3. The SMILES string of the molecule is COC(=O)C[C@H]1CCCN1C(=O)c1ccc(C(F)(F)F)cc1C. The lowest BCUT2D eigenvalue weighted by atomic mass is 10.0. The summed E-state index contributed by atoms with van der Waals surface area (Å²) < 4.78 is 42.7. The molecule has 1 fully saturated rings. The van der Waals surface area contributed by atoms with Crippen molar-refractivity contribution in [3.8, 4) is 0 Å². The minimum Gasteiger partial charge on any atom is -0.469 e. The molecule has 1 aliphatic rings. The van der Waals surface area contributed by atoms with Gasteiger partial charge in [0.05, 0.1) is 19.1 Å². The van der Waals surface area contributed by atoms with Crippen molar-refractivity contribution < 1.29 is 27.5 Å². The molecule has 0 spiro atoms. The number of halogens is 3. The van der Waals surface area contributed by atoms with Gasteiger partial charge in [-0.15, -0.1) is 0 Å². The molecule has 2 rings (SSSR count). The fourth-order valence-corrected chi connectivity index (χ4v) is 2.83. The van der Waals surface area contributed by atoms with Gasteiger partial charge in [0.15, 0.2) is 0 Å². The maximum Gasteiger partial charge on any atom is 0.416 e. The quantitative estimate of drug-likeness (QED) is 0.800. The van der Waals surface area contributed by atoms with Crippen LogP contribution in [0.3, 0.4) is 0 Å². The summed E-state index contributed by atoms with van der Waals surface area (Å²) in [6.45, 7) is 1.97. The van der Waals surface area contributed by atoms with Crippen molar-refractivity contribution in [3.63, 3.8) is 0 Å². The number of carbonyl (C=O) groups excluding carboxylic acids is 2. The Bertz CT molecular complexity index is 613. The summed E-state index contributed by atoms with van der Waals surface area (Å²) in [5.41, 5.74) is -0.276. The molecule has 23 heavy (non-hydrogen) atoms. The van der Waals surface area contributed by atoms with Crippen LogP contribution >= 0.6 is 0 Å². The Morgan fingerprint density at radius 1 is 1.35 bits per heavy atom. The second-order valence-corrected chi connectivity index (χ2v) is 5.60. The number of hydrogen-bond acceptors (Lipinski definition) is 3. The van der Waals surface area contributed by atoms with Gasteiger partial charge < -0.3 is 9.64 Å². The van der Waals surface area contributed by atoms with E-state index in [2.05, 4.69) is 4.74 Å². The monoisotopic (exact) mass is 329 g/mol. The maximum absolute atomic E-state index is 12.7. The smallest absolute Gasteiger partial charge is 0.416 e. The summed E-state index contributed by atoms with van der Waals surface area (Å²) in [7, 11) is 1.28. The topological polar surface area (TPSA) is 46.6 Å². The highest BCUT2D eigenvalue weighted by Gasteiger charge is 2.34. The number of hydrogen-bond donors (Lipinski definition) is 0. The van der Waals surface area contributed by atoms with Crippen molar-refractivity contribution in [2.75, 3.05) is 13.7 Å².